The summed E-state index contributed by atoms with van der Waals surface area (Å²) in [5.41, 5.74) is -0.776. The fourth-order valence-corrected chi connectivity index (χ4v) is 3.57. The fourth-order valence-electron chi connectivity index (χ4n) is 2.58. The Hall–Kier alpha value is -2.82. The molecule has 0 saturated heterocycles. The van der Waals surface area contributed by atoms with Crippen LogP contribution in [0.15, 0.2) is 48.5 Å². The summed E-state index contributed by atoms with van der Waals surface area (Å²) >= 11 is 0. The predicted octanol–water partition coefficient (Wildman–Crippen LogP) is 3.86. The van der Waals surface area contributed by atoms with Gasteiger partial charge in [0.25, 0.3) is 0 Å². The van der Waals surface area contributed by atoms with E-state index in [-0.39, 0.29) is 11.3 Å². The molecule has 2 aromatic rings. The maximum Gasteiger partial charge on any atom is 0.338 e. The monoisotopic (exact) mass is 429 g/mol. The van der Waals surface area contributed by atoms with Crippen molar-refractivity contribution < 1.29 is 23.1 Å². The van der Waals surface area contributed by atoms with Crippen LogP contribution in [-0.4, -0.2) is 37.0 Å². The first-order valence-electron chi connectivity index (χ1n) is 9.35. The van der Waals surface area contributed by atoms with Crippen molar-refractivity contribution in [3.63, 3.8) is 0 Å². The molecule has 160 valence electrons. The van der Waals surface area contributed by atoms with Crippen LogP contribution in [0.4, 0.5) is 11.4 Å². The van der Waals surface area contributed by atoms with E-state index in [0.717, 1.165) is 10.6 Å². The smallest absolute Gasteiger partial charge is 0.338 e. The van der Waals surface area contributed by atoms with Gasteiger partial charge in [-0.1, -0.05) is 30.0 Å². The molecule has 0 radical (unpaired) electrons. The molecule has 0 saturated carbocycles. The minimum atomic E-state index is -3.73. The van der Waals surface area contributed by atoms with Gasteiger partial charge in [0.1, 0.15) is 11.2 Å². The first-order valence-corrected chi connectivity index (χ1v) is 11.2. The van der Waals surface area contributed by atoms with E-state index in [1.165, 1.54) is 26.0 Å². The Morgan fingerprint density at radius 3 is 2.10 bits per heavy atom. The van der Waals surface area contributed by atoms with Crippen LogP contribution in [0.1, 0.15) is 50.5 Å². The number of benzene rings is 2. The van der Waals surface area contributed by atoms with Crippen molar-refractivity contribution in [2.24, 2.45) is 0 Å². The zero-order chi connectivity index (χ0) is 22.7. The van der Waals surface area contributed by atoms with E-state index in [1.54, 1.807) is 57.2 Å². The summed E-state index contributed by atoms with van der Waals surface area (Å²) in [6.07, 6.45) is 1.09. The molecule has 0 fully saturated rings. The van der Waals surface area contributed by atoms with Crippen LogP contribution in [0.5, 0.6) is 0 Å². The second-order valence-corrected chi connectivity index (χ2v) is 10.3. The quantitative estimate of drug-likeness (QED) is 0.589. The van der Waals surface area contributed by atoms with Crippen LogP contribution in [0, 0.1) is 11.8 Å². The summed E-state index contributed by atoms with van der Waals surface area (Å²) in [4.78, 5) is 12.7. The first-order chi connectivity index (χ1) is 13.7. The van der Waals surface area contributed by atoms with Crippen molar-refractivity contribution in [2.45, 2.75) is 45.8 Å². The third kappa shape index (κ3) is 6.90. The number of nitrogens with zero attached hydrogens (tertiary/aromatic N) is 1. The number of ether oxygens (including phenoxy) is 1. The molecular weight excluding hydrogens is 402 g/mol. The van der Waals surface area contributed by atoms with Gasteiger partial charge in [-0.25, -0.2) is 17.5 Å². The van der Waals surface area contributed by atoms with Crippen LogP contribution >= 0.6 is 0 Å². The molecule has 0 aromatic heterocycles. The molecular formula is C23H27NO5S. The Morgan fingerprint density at radius 1 is 1.00 bits per heavy atom. The topological polar surface area (TPSA) is 83.9 Å². The lowest BCUT2D eigenvalue weighted by Gasteiger charge is -2.24. The largest absolute Gasteiger partial charge is 0.456 e. The van der Waals surface area contributed by atoms with Crippen LogP contribution < -0.4 is 4.31 Å². The zero-order valence-electron chi connectivity index (χ0n) is 18.1. The molecule has 0 amide bonds. The highest BCUT2D eigenvalue weighted by molar-refractivity contribution is 7.92. The Balaban J connectivity index is 2.71. The summed E-state index contributed by atoms with van der Waals surface area (Å²) in [6.45, 7) is 8.31. The predicted molar refractivity (Wildman–Crippen MR) is 118 cm³/mol. The Bertz CT molecular complexity index is 1080. The minimum absolute atomic E-state index is 0.159. The molecule has 6 nitrogen and oxygen atoms in total. The SMILES string of the molecule is CC(C)(O)C#Cc1cc(C(=O)OC(C)(C)C)cc(N(c2ccccc2)S(C)(=O)=O)c1. The van der Waals surface area contributed by atoms with Gasteiger partial charge < -0.3 is 9.84 Å². The lowest BCUT2D eigenvalue weighted by Crippen LogP contribution is -2.26. The highest BCUT2D eigenvalue weighted by atomic mass is 32.2. The van der Waals surface area contributed by atoms with E-state index in [4.69, 9.17) is 4.74 Å². The lowest BCUT2D eigenvalue weighted by molar-refractivity contribution is 0.00694. The molecule has 2 rings (SSSR count). The van der Waals surface area contributed by atoms with Crippen LogP contribution in [0.25, 0.3) is 0 Å². The van der Waals surface area contributed by atoms with Gasteiger partial charge in [0.2, 0.25) is 10.0 Å². The van der Waals surface area contributed by atoms with Gasteiger partial charge in [-0.3, -0.25) is 0 Å². The van der Waals surface area contributed by atoms with Crippen LogP contribution in [0.3, 0.4) is 0 Å². The van der Waals surface area contributed by atoms with E-state index in [0.29, 0.717) is 11.3 Å². The maximum atomic E-state index is 12.7. The molecule has 0 heterocycles. The number of esters is 1. The number of para-hydroxylation sites is 1. The number of hydrogen-bond donors (Lipinski definition) is 1. The van der Waals surface area contributed by atoms with Crippen molar-refractivity contribution in [1.29, 1.82) is 0 Å². The summed E-state index contributed by atoms with van der Waals surface area (Å²) in [5, 5.41) is 9.92. The second-order valence-electron chi connectivity index (χ2n) is 8.44. The van der Waals surface area contributed by atoms with E-state index >= 15 is 0 Å². The highest BCUT2D eigenvalue weighted by Gasteiger charge is 2.24. The second kappa shape index (κ2) is 8.50. The van der Waals surface area contributed by atoms with Crippen molar-refractivity contribution >= 4 is 27.4 Å². The summed E-state index contributed by atoms with van der Waals surface area (Å²) < 4.78 is 31.8. The molecule has 7 heteroatoms. The summed E-state index contributed by atoms with van der Waals surface area (Å²) in [5.74, 6) is 4.89. The number of hydrogen-bond acceptors (Lipinski definition) is 5. The van der Waals surface area contributed by atoms with Crippen molar-refractivity contribution in [2.75, 3.05) is 10.6 Å². The average molecular weight is 430 g/mol. The molecule has 0 spiro atoms. The summed E-state index contributed by atoms with van der Waals surface area (Å²) in [6, 6.07) is 13.1. The van der Waals surface area contributed by atoms with Crippen LogP contribution in [0.2, 0.25) is 0 Å². The molecule has 30 heavy (non-hydrogen) atoms. The highest BCUT2D eigenvalue weighted by Crippen LogP contribution is 2.30. The normalized spacial score (nSPS) is 12.0. The van der Waals surface area contributed by atoms with Crippen molar-refractivity contribution in [1.82, 2.24) is 0 Å². The van der Waals surface area contributed by atoms with E-state index in [1.807, 2.05) is 0 Å². The third-order valence-corrected chi connectivity index (χ3v) is 4.71. The number of anilines is 2. The maximum absolute atomic E-state index is 12.7. The van der Waals surface area contributed by atoms with Gasteiger partial charge in [-0.05, 0) is 65.0 Å². The van der Waals surface area contributed by atoms with E-state index in [9.17, 15) is 18.3 Å². The molecule has 0 aliphatic rings. The number of carbonyl (C=O) groups excluding carboxylic acids is 1. The number of carbonyl (C=O) groups is 1. The van der Waals surface area contributed by atoms with E-state index in [2.05, 4.69) is 11.8 Å². The third-order valence-electron chi connectivity index (χ3n) is 3.62. The van der Waals surface area contributed by atoms with Gasteiger partial charge in [0.05, 0.1) is 23.2 Å². The van der Waals surface area contributed by atoms with Crippen molar-refractivity contribution in [3.05, 3.63) is 59.7 Å². The molecule has 1 N–H and O–H groups in total. The Kier molecular flexibility index (Phi) is 6.65. The lowest BCUT2D eigenvalue weighted by atomic mass is 10.1. The van der Waals surface area contributed by atoms with Gasteiger partial charge >= 0.3 is 5.97 Å². The molecule has 0 bridgehead atoms. The number of aliphatic hydroxyl groups is 1. The van der Waals surface area contributed by atoms with Crippen LogP contribution in [-0.2, 0) is 14.8 Å². The standard InChI is InChI=1S/C23H27NO5S/c1-22(2,3)29-21(25)18-14-17(12-13-23(4,5)26)15-20(16-18)24(30(6,27)28)19-10-8-7-9-11-19/h7-11,14-16,26H,1-6H3. The average Bonchev–Trinajstić information content (AvgIpc) is 2.57. The Morgan fingerprint density at radius 2 is 1.60 bits per heavy atom. The molecule has 0 aliphatic heterocycles. The van der Waals surface area contributed by atoms with Gasteiger partial charge in [-0.2, -0.15) is 0 Å². The molecule has 2 aromatic carbocycles. The summed E-state index contributed by atoms with van der Waals surface area (Å²) in [7, 11) is -3.73. The van der Waals surface area contributed by atoms with E-state index < -0.39 is 27.2 Å². The van der Waals surface area contributed by atoms with Gasteiger partial charge in [0.15, 0.2) is 0 Å². The van der Waals surface area contributed by atoms with Gasteiger partial charge in [0, 0.05) is 5.56 Å². The molecule has 0 unspecified atom stereocenters. The number of rotatable bonds is 4. The van der Waals surface area contributed by atoms with Crippen molar-refractivity contribution in [3.8, 4) is 11.8 Å². The minimum Gasteiger partial charge on any atom is -0.456 e. The van der Waals surface area contributed by atoms with Gasteiger partial charge in [-0.15, -0.1) is 0 Å². The first kappa shape index (κ1) is 23.5. The molecule has 0 atom stereocenters. The number of sulfonamides is 1. The Labute approximate surface area is 178 Å². The zero-order valence-corrected chi connectivity index (χ0v) is 18.9. The molecule has 0 aliphatic carbocycles. The fraction of sp³-hybridized carbons (Fsp3) is 0.348.